The Hall–Kier alpha value is -2.31. The Balaban J connectivity index is 1.97. The standard InChI is InChI=1S/C12H16N4O3/c1-8(11(17)16-6-5-13-12(16)18)15-9-3-4-10(19-2)14-7-9/h3-4,7-8,15H,5-6H2,1-2H3,(H,13,18). The number of hydrogen-bond acceptors (Lipinski definition) is 5. The van der Waals surface area contributed by atoms with Gasteiger partial charge in [-0.05, 0) is 13.0 Å². The van der Waals surface area contributed by atoms with Crippen LogP contribution < -0.4 is 15.4 Å². The van der Waals surface area contributed by atoms with Gasteiger partial charge in [-0.15, -0.1) is 0 Å². The van der Waals surface area contributed by atoms with Crippen LogP contribution >= 0.6 is 0 Å². The summed E-state index contributed by atoms with van der Waals surface area (Å²) in [5.74, 6) is 0.245. The fraction of sp³-hybridized carbons (Fsp3) is 0.417. The molecule has 1 aromatic rings. The summed E-state index contributed by atoms with van der Waals surface area (Å²) in [5.41, 5.74) is 0.696. The highest BCUT2D eigenvalue weighted by atomic mass is 16.5. The van der Waals surface area contributed by atoms with Crippen LogP contribution in [0.15, 0.2) is 18.3 Å². The second-order valence-corrected chi connectivity index (χ2v) is 4.18. The molecule has 1 fully saturated rings. The number of ether oxygens (including phenoxy) is 1. The first-order chi connectivity index (χ1) is 9.11. The van der Waals surface area contributed by atoms with Gasteiger partial charge in [0.25, 0.3) is 5.91 Å². The number of nitrogens with one attached hydrogen (secondary N) is 2. The van der Waals surface area contributed by atoms with E-state index in [1.807, 2.05) is 0 Å². The van der Waals surface area contributed by atoms with Gasteiger partial charge < -0.3 is 15.4 Å². The van der Waals surface area contributed by atoms with E-state index in [2.05, 4.69) is 15.6 Å². The van der Waals surface area contributed by atoms with E-state index in [4.69, 9.17) is 4.74 Å². The van der Waals surface area contributed by atoms with Crippen LogP contribution in [0.5, 0.6) is 5.88 Å². The van der Waals surface area contributed by atoms with Crippen LogP contribution in [-0.2, 0) is 4.79 Å². The van der Waals surface area contributed by atoms with Gasteiger partial charge in [-0.1, -0.05) is 0 Å². The molecule has 0 spiro atoms. The maximum Gasteiger partial charge on any atom is 0.324 e. The number of methoxy groups -OCH3 is 1. The minimum absolute atomic E-state index is 0.259. The van der Waals surface area contributed by atoms with Crippen molar-refractivity contribution in [1.29, 1.82) is 0 Å². The van der Waals surface area contributed by atoms with Gasteiger partial charge in [0.05, 0.1) is 19.0 Å². The lowest BCUT2D eigenvalue weighted by molar-refractivity contribution is -0.128. The fourth-order valence-corrected chi connectivity index (χ4v) is 1.81. The molecule has 0 saturated carbocycles. The number of anilines is 1. The Kier molecular flexibility index (Phi) is 3.84. The van der Waals surface area contributed by atoms with Crippen LogP contribution in [0.4, 0.5) is 10.5 Å². The van der Waals surface area contributed by atoms with Gasteiger partial charge >= 0.3 is 6.03 Å². The minimum atomic E-state index is -0.501. The lowest BCUT2D eigenvalue weighted by Gasteiger charge is -2.19. The molecule has 2 rings (SSSR count). The van der Waals surface area contributed by atoms with Crippen LogP contribution in [-0.4, -0.2) is 48.1 Å². The van der Waals surface area contributed by atoms with Gasteiger partial charge in [0.2, 0.25) is 5.88 Å². The molecule has 2 N–H and O–H groups in total. The Morgan fingerprint density at radius 2 is 2.37 bits per heavy atom. The second kappa shape index (κ2) is 5.55. The first kappa shape index (κ1) is 13.1. The van der Waals surface area contributed by atoms with E-state index in [1.165, 1.54) is 12.0 Å². The van der Waals surface area contributed by atoms with Crippen molar-refractivity contribution in [3.8, 4) is 5.88 Å². The minimum Gasteiger partial charge on any atom is -0.481 e. The molecule has 19 heavy (non-hydrogen) atoms. The number of carbonyl (C=O) groups is 2. The number of aromatic nitrogens is 1. The van der Waals surface area contributed by atoms with E-state index in [1.54, 1.807) is 25.3 Å². The van der Waals surface area contributed by atoms with Crippen molar-refractivity contribution in [1.82, 2.24) is 15.2 Å². The van der Waals surface area contributed by atoms with Crippen molar-refractivity contribution in [3.63, 3.8) is 0 Å². The quantitative estimate of drug-likeness (QED) is 0.824. The predicted octanol–water partition coefficient (Wildman–Crippen LogP) is 0.442. The number of urea groups is 1. The van der Waals surface area contributed by atoms with Gasteiger partial charge in [-0.3, -0.25) is 9.69 Å². The number of rotatable bonds is 4. The summed E-state index contributed by atoms with van der Waals surface area (Å²) >= 11 is 0. The average Bonchev–Trinajstić information content (AvgIpc) is 2.85. The molecule has 0 radical (unpaired) electrons. The molecule has 0 bridgehead atoms. The third-order valence-electron chi connectivity index (χ3n) is 2.82. The number of carbonyl (C=O) groups excluding carboxylic acids is 2. The smallest absolute Gasteiger partial charge is 0.324 e. The van der Waals surface area contributed by atoms with Crippen molar-refractivity contribution >= 4 is 17.6 Å². The van der Waals surface area contributed by atoms with E-state index in [0.717, 1.165) is 0 Å². The molecule has 7 heteroatoms. The van der Waals surface area contributed by atoms with Crippen molar-refractivity contribution in [3.05, 3.63) is 18.3 Å². The summed E-state index contributed by atoms with van der Waals surface area (Å²) < 4.78 is 4.95. The third-order valence-corrected chi connectivity index (χ3v) is 2.82. The molecule has 102 valence electrons. The molecule has 2 heterocycles. The van der Waals surface area contributed by atoms with Crippen molar-refractivity contribution in [2.75, 3.05) is 25.5 Å². The molecule has 1 aliphatic rings. The maximum absolute atomic E-state index is 12.0. The molecule has 3 amide bonds. The van der Waals surface area contributed by atoms with Crippen LogP contribution in [0.3, 0.4) is 0 Å². The van der Waals surface area contributed by atoms with Crippen LogP contribution in [0.2, 0.25) is 0 Å². The van der Waals surface area contributed by atoms with E-state index in [-0.39, 0.29) is 11.9 Å². The van der Waals surface area contributed by atoms with Gasteiger partial charge in [-0.2, -0.15) is 0 Å². The van der Waals surface area contributed by atoms with Crippen LogP contribution in [0, 0.1) is 0 Å². The maximum atomic E-state index is 12.0. The monoisotopic (exact) mass is 264 g/mol. The number of imide groups is 1. The highest BCUT2D eigenvalue weighted by Crippen LogP contribution is 2.13. The molecule has 7 nitrogen and oxygen atoms in total. The summed E-state index contributed by atoms with van der Waals surface area (Å²) in [7, 11) is 1.54. The molecule has 1 unspecified atom stereocenters. The average molecular weight is 264 g/mol. The van der Waals surface area contributed by atoms with E-state index in [0.29, 0.717) is 24.7 Å². The zero-order valence-electron chi connectivity index (χ0n) is 10.8. The first-order valence-electron chi connectivity index (χ1n) is 5.97. The molecule has 1 aromatic heterocycles. The predicted molar refractivity (Wildman–Crippen MR) is 69.0 cm³/mol. The zero-order valence-corrected chi connectivity index (χ0v) is 10.8. The summed E-state index contributed by atoms with van der Waals surface area (Å²) in [5, 5.41) is 5.59. The SMILES string of the molecule is COc1ccc(NC(C)C(=O)N2CCNC2=O)cn1. The first-order valence-corrected chi connectivity index (χ1v) is 5.97. The van der Waals surface area contributed by atoms with Crippen molar-refractivity contribution in [2.24, 2.45) is 0 Å². The highest BCUT2D eigenvalue weighted by molar-refractivity contribution is 5.99. The second-order valence-electron chi connectivity index (χ2n) is 4.18. The molecule has 1 atom stereocenters. The highest BCUT2D eigenvalue weighted by Gasteiger charge is 2.29. The topological polar surface area (TPSA) is 83.6 Å². The Bertz CT molecular complexity index is 474. The zero-order chi connectivity index (χ0) is 13.8. The number of amides is 3. The van der Waals surface area contributed by atoms with Crippen LogP contribution in [0.25, 0.3) is 0 Å². The van der Waals surface area contributed by atoms with Gasteiger partial charge in [-0.25, -0.2) is 9.78 Å². The Morgan fingerprint density at radius 3 is 2.89 bits per heavy atom. The lowest BCUT2D eigenvalue weighted by atomic mass is 10.2. The Morgan fingerprint density at radius 1 is 1.58 bits per heavy atom. The van der Waals surface area contributed by atoms with E-state index < -0.39 is 6.04 Å². The molecule has 0 aliphatic carbocycles. The van der Waals surface area contributed by atoms with Gasteiger partial charge in [0.15, 0.2) is 0 Å². The van der Waals surface area contributed by atoms with Gasteiger partial charge in [0.1, 0.15) is 6.04 Å². The third kappa shape index (κ3) is 2.93. The van der Waals surface area contributed by atoms with Crippen molar-refractivity contribution < 1.29 is 14.3 Å². The number of hydrogen-bond donors (Lipinski definition) is 2. The molecule has 1 aliphatic heterocycles. The molecular weight excluding hydrogens is 248 g/mol. The summed E-state index contributed by atoms with van der Waals surface area (Å²) in [4.78, 5) is 28.7. The normalized spacial score (nSPS) is 15.9. The van der Waals surface area contributed by atoms with E-state index in [9.17, 15) is 9.59 Å². The fourth-order valence-electron chi connectivity index (χ4n) is 1.81. The summed E-state index contributed by atoms with van der Waals surface area (Å²) in [6.07, 6.45) is 1.58. The Labute approximate surface area is 110 Å². The molecule has 1 saturated heterocycles. The summed E-state index contributed by atoms with van der Waals surface area (Å²) in [6.45, 7) is 2.62. The molecule has 0 aromatic carbocycles. The largest absolute Gasteiger partial charge is 0.481 e. The van der Waals surface area contributed by atoms with Crippen LogP contribution in [0.1, 0.15) is 6.92 Å². The lowest BCUT2D eigenvalue weighted by Crippen LogP contribution is -2.43. The van der Waals surface area contributed by atoms with Crippen molar-refractivity contribution in [2.45, 2.75) is 13.0 Å². The summed E-state index contributed by atoms with van der Waals surface area (Å²) in [6, 6.07) is 2.62. The number of nitrogens with zero attached hydrogens (tertiary/aromatic N) is 2. The van der Waals surface area contributed by atoms with E-state index >= 15 is 0 Å². The molecular formula is C12H16N4O3. The number of pyridine rings is 1. The van der Waals surface area contributed by atoms with Gasteiger partial charge in [0, 0.05) is 19.2 Å².